The Morgan fingerprint density at radius 2 is 1.67 bits per heavy atom. The number of hydrogen-bond acceptors (Lipinski definition) is 4. The van der Waals surface area contributed by atoms with Gasteiger partial charge < -0.3 is 20.9 Å². The van der Waals surface area contributed by atoms with Gasteiger partial charge in [-0.2, -0.15) is 0 Å². The van der Waals surface area contributed by atoms with E-state index in [0.29, 0.717) is 16.9 Å². The molecule has 0 aromatic heterocycles. The van der Waals surface area contributed by atoms with Crippen molar-refractivity contribution in [2.24, 2.45) is 0 Å². The van der Waals surface area contributed by atoms with Crippen LogP contribution in [-0.4, -0.2) is 37.3 Å². The van der Waals surface area contributed by atoms with Crippen molar-refractivity contribution in [3.63, 3.8) is 0 Å². The van der Waals surface area contributed by atoms with Crippen molar-refractivity contribution in [2.75, 3.05) is 34.9 Å². The summed E-state index contributed by atoms with van der Waals surface area (Å²) >= 11 is 1.65. The molecule has 0 spiro atoms. The first-order chi connectivity index (χ1) is 14.5. The van der Waals surface area contributed by atoms with Crippen LogP contribution in [0.2, 0.25) is 0 Å². The molecular weight excluding hydrogens is 396 g/mol. The SMILES string of the molecule is CCC(C)NC(=O)c1cc(NC(=O)Nc2ccc(SC)cc2)ccc1N1CCCC1. The van der Waals surface area contributed by atoms with E-state index < -0.39 is 0 Å². The second-order valence-electron chi connectivity index (χ2n) is 7.52. The monoisotopic (exact) mass is 426 g/mol. The number of benzene rings is 2. The van der Waals surface area contributed by atoms with Crippen LogP contribution in [0.15, 0.2) is 47.4 Å². The normalized spacial score (nSPS) is 14.3. The number of carbonyl (C=O) groups excluding carboxylic acids is 2. The van der Waals surface area contributed by atoms with Gasteiger partial charge in [0.1, 0.15) is 0 Å². The lowest BCUT2D eigenvalue weighted by Gasteiger charge is -2.23. The third-order valence-corrected chi connectivity index (χ3v) is 6.03. The van der Waals surface area contributed by atoms with E-state index in [4.69, 9.17) is 0 Å². The zero-order valence-corrected chi connectivity index (χ0v) is 18.6. The van der Waals surface area contributed by atoms with Gasteiger partial charge in [-0.3, -0.25) is 4.79 Å². The molecule has 3 rings (SSSR count). The quantitative estimate of drug-likeness (QED) is 0.533. The lowest BCUT2D eigenvalue weighted by Crippen LogP contribution is -2.33. The predicted octanol–water partition coefficient (Wildman–Crippen LogP) is 5.18. The summed E-state index contributed by atoms with van der Waals surface area (Å²) in [5.74, 6) is -0.108. The van der Waals surface area contributed by atoms with Gasteiger partial charge in [0.05, 0.1) is 5.56 Å². The number of nitrogens with one attached hydrogen (secondary N) is 3. The Hall–Kier alpha value is -2.67. The average molecular weight is 427 g/mol. The van der Waals surface area contributed by atoms with Gasteiger partial charge in [0.25, 0.3) is 5.91 Å². The second-order valence-corrected chi connectivity index (χ2v) is 8.40. The topological polar surface area (TPSA) is 73.5 Å². The molecule has 3 N–H and O–H groups in total. The third kappa shape index (κ3) is 5.69. The van der Waals surface area contributed by atoms with Crippen LogP contribution in [0.3, 0.4) is 0 Å². The molecule has 2 aromatic rings. The predicted molar refractivity (Wildman–Crippen MR) is 126 cm³/mol. The summed E-state index contributed by atoms with van der Waals surface area (Å²) in [6.45, 7) is 5.93. The summed E-state index contributed by atoms with van der Waals surface area (Å²) in [6, 6.07) is 13.0. The van der Waals surface area contributed by atoms with Crippen LogP contribution < -0.4 is 20.9 Å². The number of nitrogens with zero attached hydrogens (tertiary/aromatic N) is 1. The fourth-order valence-corrected chi connectivity index (χ4v) is 3.81. The molecular formula is C23H30N4O2S. The zero-order chi connectivity index (χ0) is 21.5. The van der Waals surface area contributed by atoms with Crippen molar-refractivity contribution < 1.29 is 9.59 Å². The van der Waals surface area contributed by atoms with Gasteiger partial charge in [0, 0.05) is 41.1 Å². The molecule has 1 heterocycles. The highest BCUT2D eigenvalue weighted by atomic mass is 32.2. The first-order valence-corrected chi connectivity index (χ1v) is 11.6. The van der Waals surface area contributed by atoms with Crippen molar-refractivity contribution in [2.45, 2.75) is 44.0 Å². The largest absolute Gasteiger partial charge is 0.371 e. The highest BCUT2D eigenvalue weighted by Crippen LogP contribution is 2.28. The summed E-state index contributed by atoms with van der Waals surface area (Å²) in [7, 11) is 0. The summed E-state index contributed by atoms with van der Waals surface area (Å²) in [4.78, 5) is 28.7. The minimum absolute atomic E-state index is 0.0908. The smallest absolute Gasteiger partial charge is 0.323 e. The van der Waals surface area contributed by atoms with E-state index in [2.05, 4.69) is 20.9 Å². The number of hydrogen-bond donors (Lipinski definition) is 3. The molecule has 0 bridgehead atoms. The van der Waals surface area contributed by atoms with Crippen molar-refractivity contribution in [1.82, 2.24) is 5.32 Å². The Kier molecular flexibility index (Phi) is 7.63. The molecule has 1 aliphatic heterocycles. The summed E-state index contributed by atoms with van der Waals surface area (Å²) in [5, 5.41) is 8.72. The molecule has 0 aliphatic carbocycles. The average Bonchev–Trinajstić information content (AvgIpc) is 3.28. The number of thioether (sulfide) groups is 1. The van der Waals surface area contributed by atoms with E-state index in [0.717, 1.165) is 42.9 Å². The maximum Gasteiger partial charge on any atom is 0.323 e. The highest BCUT2D eigenvalue weighted by Gasteiger charge is 2.21. The Labute approximate surface area is 182 Å². The molecule has 6 nitrogen and oxygen atoms in total. The van der Waals surface area contributed by atoms with E-state index in [9.17, 15) is 9.59 Å². The Morgan fingerprint density at radius 3 is 2.30 bits per heavy atom. The van der Waals surface area contributed by atoms with Gasteiger partial charge in [0.2, 0.25) is 0 Å². The van der Waals surface area contributed by atoms with E-state index >= 15 is 0 Å². The molecule has 1 fully saturated rings. The standard InChI is InChI=1S/C23H30N4O2S/c1-4-16(2)24-22(28)20-15-18(9-12-21(20)27-13-5-6-14-27)26-23(29)25-17-7-10-19(30-3)11-8-17/h7-12,15-16H,4-6,13-14H2,1-3H3,(H,24,28)(H2,25,26,29). The minimum Gasteiger partial charge on any atom is -0.371 e. The van der Waals surface area contributed by atoms with Crippen molar-refractivity contribution in [3.05, 3.63) is 48.0 Å². The van der Waals surface area contributed by atoms with Crippen LogP contribution in [0.5, 0.6) is 0 Å². The van der Waals surface area contributed by atoms with Gasteiger partial charge in [-0.05, 0) is 74.9 Å². The zero-order valence-electron chi connectivity index (χ0n) is 17.8. The molecule has 2 aromatic carbocycles. The van der Waals surface area contributed by atoms with Gasteiger partial charge in [-0.1, -0.05) is 6.92 Å². The van der Waals surface area contributed by atoms with Crippen LogP contribution >= 0.6 is 11.8 Å². The molecule has 160 valence electrons. The second kappa shape index (κ2) is 10.4. The summed E-state index contributed by atoms with van der Waals surface area (Å²) < 4.78 is 0. The van der Waals surface area contributed by atoms with Gasteiger partial charge in [-0.15, -0.1) is 11.8 Å². The van der Waals surface area contributed by atoms with E-state index in [1.165, 1.54) is 0 Å². The molecule has 1 aliphatic rings. The molecule has 1 atom stereocenters. The van der Waals surface area contributed by atoms with E-state index in [-0.39, 0.29) is 18.0 Å². The van der Waals surface area contributed by atoms with Gasteiger partial charge in [-0.25, -0.2) is 4.79 Å². The van der Waals surface area contributed by atoms with Crippen LogP contribution in [0.1, 0.15) is 43.5 Å². The minimum atomic E-state index is -0.339. The summed E-state index contributed by atoms with van der Waals surface area (Å²) in [5.41, 5.74) is 2.82. The third-order valence-electron chi connectivity index (χ3n) is 5.28. The molecule has 1 unspecified atom stereocenters. The van der Waals surface area contributed by atoms with Crippen LogP contribution in [0, 0.1) is 0 Å². The Morgan fingerprint density at radius 1 is 1.03 bits per heavy atom. The van der Waals surface area contributed by atoms with Crippen molar-refractivity contribution in [3.8, 4) is 0 Å². The van der Waals surface area contributed by atoms with Gasteiger partial charge in [0.15, 0.2) is 0 Å². The molecule has 0 radical (unpaired) electrons. The van der Waals surface area contributed by atoms with Crippen molar-refractivity contribution in [1.29, 1.82) is 0 Å². The lowest BCUT2D eigenvalue weighted by atomic mass is 10.1. The first kappa shape index (κ1) is 22.0. The van der Waals surface area contributed by atoms with Crippen LogP contribution in [0.4, 0.5) is 21.9 Å². The fraction of sp³-hybridized carbons (Fsp3) is 0.391. The molecule has 3 amide bonds. The highest BCUT2D eigenvalue weighted by molar-refractivity contribution is 7.98. The maximum atomic E-state index is 12.9. The number of anilines is 3. The number of rotatable bonds is 7. The van der Waals surface area contributed by atoms with Crippen LogP contribution in [-0.2, 0) is 0 Å². The number of amides is 3. The fourth-order valence-electron chi connectivity index (χ4n) is 3.40. The molecule has 7 heteroatoms. The van der Waals surface area contributed by atoms with E-state index in [1.807, 2.05) is 56.5 Å². The molecule has 0 saturated carbocycles. The number of carbonyl (C=O) groups is 2. The molecule has 1 saturated heterocycles. The summed E-state index contributed by atoms with van der Waals surface area (Å²) in [6.07, 6.45) is 5.13. The number of urea groups is 1. The lowest BCUT2D eigenvalue weighted by molar-refractivity contribution is 0.0940. The van der Waals surface area contributed by atoms with E-state index in [1.54, 1.807) is 17.8 Å². The van der Waals surface area contributed by atoms with Crippen molar-refractivity contribution >= 4 is 40.8 Å². The maximum absolute atomic E-state index is 12.9. The Balaban J connectivity index is 1.76. The molecule has 30 heavy (non-hydrogen) atoms. The van der Waals surface area contributed by atoms with Gasteiger partial charge >= 0.3 is 6.03 Å². The Bertz CT molecular complexity index is 879. The van der Waals surface area contributed by atoms with Crippen LogP contribution in [0.25, 0.3) is 0 Å². The first-order valence-electron chi connectivity index (χ1n) is 10.4.